The van der Waals surface area contributed by atoms with Crippen LogP contribution in [0.5, 0.6) is 0 Å². The fraction of sp³-hybridized carbons (Fsp3) is 0.375. The van der Waals surface area contributed by atoms with Crippen LogP contribution in [0.25, 0.3) is 22.3 Å². The minimum atomic E-state index is -5.05. The molecule has 1 aromatic carbocycles. The Morgan fingerprint density at radius 3 is 2.36 bits per heavy atom. The molecule has 15 heteroatoms. The number of hydrogen-bond acceptors (Lipinski definition) is 7. The number of aryl methyl sites for hydroxylation is 1. The van der Waals surface area contributed by atoms with Gasteiger partial charge in [0.25, 0.3) is 5.56 Å². The van der Waals surface area contributed by atoms with Crippen molar-refractivity contribution in [2.75, 3.05) is 18.0 Å². The molecule has 6 rings (SSSR count). The monoisotopic (exact) mass is 551 g/mol. The maximum absolute atomic E-state index is 14.9. The lowest BCUT2D eigenvalue weighted by Gasteiger charge is -2.38. The zero-order valence-corrected chi connectivity index (χ0v) is 20.4. The summed E-state index contributed by atoms with van der Waals surface area (Å²) in [5.74, 6) is -5.97. The van der Waals surface area contributed by atoms with Gasteiger partial charge in [-0.3, -0.25) is 14.0 Å². The van der Waals surface area contributed by atoms with Crippen LogP contribution in [0, 0.1) is 17.5 Å². The van der Waals surface area contributed by atoms with Crippen molar-refractivity contribution in [3.63, 3.8) is 0 Å². The predicted molar refractivity (Wildman–Crippen MR) is 124 cm³/mol. The number of nitrogens with zero attached hydrogens (tertiary/aromatic N) is 7. The van der Waals surface area contributed by atoms with Gasteiger partial charge in [-0.25, -0.2) is 28.1 Å². The topological polar surface area (TPSA) is 91.0 Å². The van der Waals surface area contributed by atoms with Gasteiger partial charge in [0.2, 0.25) is 11.8 Å². The van der Waals surface area contributed by atoms with Gasteiger partial charge in [0.15, 0.2) is 17.2 Å². The van der Waals surface area contributed by atoms with Crippen LogP contribution in [0.2, 0.25) is 0 Å². The van der Waals surface area contributed by atoms with Gasteiger partial charge in [-0.05, 0) is 18.9 Å². The van der Waals surface area contributed by atoms with E-state index < -0.39 is 69.0 Å². The molecule has 1 aliphatic heterocycles. The molecule has 0 radical (unpaired) electrons. The van der Waals surface area contributed by atoms with Crippen LogP contribution in [0.15, 0.2) is 29.3 Å². The molecule has 3 aromatic heterocycles. The minimum absolute atomic E-state index is 0.122. The average Bonchev–Trinajstić information content (AvgIpc) is 3.45. The third-order valence-electron chi connectivity index (χ3n) is 6.88. The summed E-state index contributed by atoms with van der Waals surface area (Å²) in [6.07, 6.45) is -0.693. The number of halogens is 6. The lowest BCUT2D eigenvalue weighted by Crippen LogP contribution is -2.46. The Labute approximate surface area is 215 Å². The number of alkyl halides is 3. The normalized spacial score (nSPS) is 18.8. The molecule has 1 aliphatic carbocycles. The molecule has 2 fully saturated rings. The standard InChI is InChI=1S/C24H19F6N7O2/c1-35-8-11(7-31-35)16-9-37(10-23(39-16)3-4-23)22-33-17(12-5-14(26)15(27)6-13(12)25)18-19(34-22)20(38)36(2)21(32-18)24(28,29)30/h5-8,16H,3-4,9-10H2,1-2H3. The van der Waals surface area contributed by atoms with Crippen LogP contribution >= 0.6 is 0 Å². The van der Waals surface area contributed by atoms with Crippen molar-refractivity contribution in [3.05, 3.63) is 63.7 Å². The van der Waals surface area contributed by atoms with Crippen molar-refractivity contribution in [2.24, 2.45) is 14.1 Å². The van der Waals surface area contributed by atoms with Gasteiger partial charge in [-0.2, -0.15) is 18.3 Å². The van der Waals surface area contributed by atoms with Crippen molar-refractivity contribution < 1.29 is 31.1 Å². The van der Waals surface area contributed by atoms with Crippen LogP contribution in [-0.2, 0) is 25.0 Å². The molecule has 0 N–H and O–H groups in total. The van der Waals surface area contributed by atoms with Crippen LogP contribution in [0.3, 0.4) is 0 Å². The van der Waals surface area contributed by atoms with Crippen LogP contribution in [-0.4, -0.2) is 48.0 Å². The van der Waals surface area contributed by atoms with Gasteiger partial charge in [-0.1, -0.05) is 0 Å². The number of anilines is 1. The number of hydrogen-bond donors (Lipinski definition) is 0. The number of morpholine rings is 1. The Morgan fingerprint density at radius 2 is 1.72 bits per heavy atom. The fourth-order valence-corrected chi connectivity index (χ4v) is 4.76. The van der Waals surface area contributed by atoms with Crippen molar-refractivity contribution in [2.45, 2.75) is 30.7 Å². The summed E-state index contributed by atoms with van der Waals surface area (Å²) < 4.78 is 92.0. The lowest BCUT2D eigenvalue weighted by molar-refractivity contribution is -0.147. The van der Waals surface area contributed by atoms with E-state index in [0.29, 0.717) is 6.07 Å². The first-order valence-electron chi connectivity index (χ1n) is 11.8. The van der Waals surface area contributed by atoms with E-state index in [1.54, 1.807) is 29.0 Å². The van der Waals surface area contributed by atoms with E-state index in [-0.39, 0.29) is 29.7 Å². The molecular weight excluding hydrogens is 532 g/mol. The summed E-state index contributed by atoms with van der Waals surface area (Å²) in [4.78, 5) is 26.8. The first kappa shape index (κ1) is 25.3. The zero-order chi connectivity index (χ0) is 27.9. The van der Waals surface area contributed by atoms with Crippen LogP contribution in [0.1, 0.15) is 30.3 Å². The Hall–Kier alpha value is -4.01. The highest BCUT2D eigenvalue weighted by atomic mass is 19.4. The summed E-state index contributed by atoms with van der Waals surface area (Å²) in [5.41, 5.74) is -3.44. The number of aromatic nitrogens is 6. The van der Waals surface area contributed by atoms with E-state index in [2.05, 4.69) is 20.1 Å². The Balaban J connectivity index is 1.58. The molecular formula is C24H19F6N7O2. The van der Waals surface area contributed by atoms with Crippen molar-refractivity contribution in [1.29, 1.82) is 0 Å². The van der Waals surface area contributed by atoms with E-state index in [9.17, 15) is 31.1 Å². The van der Waals surface area contributed by atoms with E-state index in [4.69, 9.17) is 4.74 Å². The number of ether oxygens (including phenoxy) is 1. The number of rotatable bonds is 3. The maximum atomic E-state index is 14.9. The molecule has 39 heavy (non-hydrogen) atoms. The molecule has 0 amide bonds. The van der Waals surface area contributed by atoms with E-state index >= 15 is 0 Å². The SMILES string of the molecule is Cn1cc(C2CN(c3nc(-c4cc(F)c(F)cc4F)c4nc(C(F)(F)F)n(C)c(=O)c4n3)CC3(CC3)O2)cn1. The first-order valence-corrected chi connectivity index (χ1v) is 11.8. The molecule has 2 aliphatic rings. The second kappa shape index (κ2) is 8.49. The summed E-state index contributed by atoms with van der Waals surface area (Å²) in [6.45, 7) is 0.455. The number of benzene rings is 1. The van der Waals surface area contributed by atoms with Gasteiger partial charge in [-0.15, -0.1) is 0 Å². The van der Waals surface area contributed by atoms with E-state index in [1.807, 2.05) is 0 Å². The Bertz CT molecular complexity index is 1700. The van der Waals surface area contributed by atoms with Crippen LogP contribution in [0.4, 0.5) is 32.3 Å². The smallest absolute Gasteiger partial charge is 0.363 e. The molecule has 1 spiro atoms. The van der Waals surface area contributed by atoms with Crippen LogP contribution < -0.4 is 10.5 Å². The zero-order valence-electron chi connectivity index (χ0n) is 20.4. The average molecular weight is 551 g/mol. The van der Waals surface area contributed by atoms with Gasteiger partial charge in [0.1, 0.15) is 23.1 Å². The second-order valence-electron chi connectivity index (χ2n) is 9.73. The highest BCUT2D eigenvalue weighted by Crippen LogP contribution is 2.47. The van der Waals surface area contributed by atoms with Gasteiger partial charge in [0.05, 0.1) is 24.9 Å². The van der Waals surface area contributed by atoms with Crippen molar-refractivity contribution >= 4 is 17.0 Å². The molecule has 1 saturated carbocycles. The van der Waals surface area contributed by atoms with E-state index in [0.717, 1.165) is 25.5 Å². The second-order valence-corrected chi connectivity index (χ2v) is 9.73. The van der Waals surface area contributed by atoms with Crippen molar-refractivity contribution in [3.8, 4) is 11.3 Å². The Kier molecular flexibility index (Phi) is 5.51. The third kappa shape index (κ3) is 4.30. The van der Waals surface area contributed by atoms with Gasteiger partial charge in [0, 0.05) is 37.5 Å². The summed E-state index contributed by atoms with van der Waals surface area (Å²) in [6, 6.07) is 0.707. The highest BCUT2D eigenvalue weighted by Gasteiger charge is 2.51. The van der Waals surface area contributed by atoms with Gasteiger partial charge >= 0.3 is 6.18 Å². The summed E-state index contributed by atoms with van der Waals surface area (Å²) in [5, 5.41) is 4.16. The molecule has 1 unspecified atom stereocenters. The highest BCUT2D eigenvalue weighted by molar-refractivity contribution is 5.89. The third-order valence-corrected chi connectivity index (χ3v) is 6.88. The summed E-state index contributed by atoms with van der Waals surface area (Å²) >= 11 is 0. The Morgan fingerprint density at radius 1 is 1.00 bits per heavy atom. The maximum Gasteiger partial charge on any atom is 0.449 e. The van der Waals surface area contributed by atoms with E-state index in [1.165, 1.54) is 0 Å². The molecule has 4 heterocycles. The largest absolute Gasteiger partial charge is 0.449 e. The minimum Gasteiger partial charge on any atom is -0.363 e. The van der Waals surface area contributed by atoms with Crippen molar-refractivity contribution in [1.82, 2.24) is 29.3 Å². The predicted octanol–water partition coefficient (Wildman–Crippen LogP) is 3.67. The molecule has 4 aromatic rings. The molecule has 1 atom stereocenters. The quantitative estimate of drug-likeness (QED) is 0.284. The molecule has 1 saturated heterocycles. The lowest BCUT2D eigenvalue weighted by atomic mass is 10.1. The summed E-state index contributed by atoms with van der Waals surface area (Å²) in [7, 11) is 2.62. The number of fused-ring (bicyclic) bond motifs is 1. The fourth-order valence-electron chi connectivity index (χ4n) is 4.76. The van der Waals surface area contributed by atoms with Gasteiger partial charge < -0.3 is 9.64 Å². The molecule has 204 valence electrons. The molecule has 9 nitrogen and oxygen atoms in total. The first-order chi connectivity index (χ1) is 18.3. The molecule has 0 bridgehead atoms.